The fourth-order valence-corrected chi connectivity index (χ4v) is 5.33. The van der Waals surface area contributed by atoms with Crippen molar-refractivity contribution in [3.8, 4) is 11.5 Å². The number of alkyl halides is 3. The Kier molecular flexibility index (Phi) is 7.88. The van der Waals surface area contributed by atoms with E-state index in [0.29, 0.717) is 30.4 Å². The van der Waals surface area contributed by atoms with Gasteiger partial charge in [-0.3, -0.25) is 9.82 Å². The van der Waals surface area contributed by atoms with Gasteiger partial charge in [0.2, 0.25) is 0 Å². The van der Waals surface area contributed by atoms with E-state index in [0.717, 1.165) is 35.2 Å². The van der Waals surface area contributed by atoms with Crippen molar-refractivity contribution >= 4 is 26.6 Å². The molecule has 5 rings (SSSR count). The zero-order valence-corrected chi connectivity index (χ0v) is 21.9. The molecule has 40 heavy (non-hydrogen) atoms. The number of nitrogens with zero attached hydrogens (tertiary/aromatic N) is 1. The highest BCUT2D eigenvalue weighted by atomic mass is 32.2. The minimum absolute atomic E-state index is 0.139. The van der Waals surface area contributed by atoms with Gasteiger partial charge in [0.1, 0.15) is 18.1 Å². The number of hydrogen-bond acceptors (Lipinski definition) is 7. The molecule has 4 N–H and O–H groups in total. The van der Waals surface area contributed by atoms with Gasteiger partial charge < -0.3 is 19.9 Å². The molecule has 1 aliphatic rings. The number of ether oxygens (including phenoxy) is 2. The summed E-state index contributed by atoms with van der Waals surface area (Å²) >= 11 is 0. The first-order valence-electron chi connectivity index (χ1n) is 12.6. The van der Waals surface area contributed by atoms with Crippen molar-refractivity contribution in [2.75, 3.05) is 24.4 Å². The normalized spacial score (nSPS) is 14.7. The van der Waals surface area contributed by atoms with Crippen LogP contribution in [0.25, 0.3) is 10.9 Å². The zero-order valence-electron chi connectivity index (χ0n) is 21.1. The monoisotopic (exact) mass is 576 g/mol. The summed E-state index contributed by atoms with van der Waals surface area (Å²) in [6, 6.07) is 16.0. The number of halogens is 3. The molecule has 3 aromatic carbocycles. The van der Waals surface area contributed by atoms with Crippen LogP contribution in [0.15, 0.2) is 71.6 Å². The molecule has 0 aliphatic heterocycles. The number of anilines is 1. The fraction of sp³-hybridized carbons (Fsp3) is 0.296. The minimum atomic E-state index is -4.95. The van der Waals surface area contributed by atoms with E-state index in [1.807, 2.05) is 18.2 Å². The number of aromatic amines is 1. The van der Waals surface area contributed by atoms with Crippen molar-refractivity contribution in [1.82, 2.24) is 15.5 Å². The van der Waals surface area contributed by atoms with E-state index >= 15 is 0 Å². The van der Waals surface area contributed by atoms with Crippen molar-refractivity contribution in [2.24, 2.45) is 0 Å². The van der Waals surface area contributed by atoms with Gasteiger partial charge in [-0.25, -0.2) is 8.42 Å². The smallest absolute Gasteiger partial charge is 0.492 e. The van der Waals surface area contributed by atoms with Crippen molar-refractivity contribution in [2.45, 2.75) is 36.1 Å². The number of H-pyrrole nitrogens is 1. The van der Waals surface area contributed by atoms with Gasteiger partial charge >= 0.3 is 6.36 Å². The van der Waals surface area contributed by atoms with Gasteiger partial charge in [0.25, 0.3) is 10.0 Å². The summed E-state index contributed by atoms with van der Waals surface area (Å²) in [5, 5.41) is 22.3. The van der Waals surface area contributed by atoms with Gasteiger partial charge in [0.15, 0.2) is 0 Å². The molecule has 1 heterocycles. The molecule has 1 aromatic heterocycles. The first-order valence-corrected chi connectivity index (χ1v) is 14.0. The van der Waals surface area contributed by atoms with Crippen LogP contribution in [0.5, 0.6) is 11.5 Å². The summed E-state index contributed by atoms with van der Waals surface area (Å²) in [5.74, 6) is 0.616. The molecule has 0 bridgehead atoms. The van der Waals surface area contributed by atoms with Crippen molar-refractivity contribution in [1.29, 1.82) is 0 Å². The molecular weight excluding hydrogens is 549 g/mol. The Morgan fingerprint density at radius 2 is 1.85 bits per heavy atom. The van der Waals surface area contributed by atoms with Crippen molar-refractivity contribution < 1.29 is 36.2 Å². The van der Waals surface area contributed by atoms with E-state index in [1.54, 1.807) is 12.1 Å². The Morgan fingerprint density at radius 1 is 1.05 bits per heavy atom. The number of sulfonamides is 1. The molecule has 0 radical (unpaired) electrons. The van der Waals surface area contributed by atoms with E-state index in [2.05, 4.69) is 25.0 Å². The predicted molar refractivity (Wildman–Crippen MR) is 142 cm³/mol. The van der Waals surface area contributed by atoms with Crippen LogP contribution in [0, 0.1) is 0 Å². The number of aromatic nitrogens is 2. The Labute approximate surface area is 228 Å². The van der Waals surface area contributed by atoms with Gasteiger partial charge in [0, 0.05) is 47.9 Å². The summed E-state index contributed by atoms with van der Waals surface area (Å²) in [6.45, 7) is 0.986. The average molecular weight is 577 g/mol. The Morgan fingerprint density at radius 3 is 2.62 bits per heavy atom. The second-order valence-electron chi connectivity index (χ2n) is 9.41. The number of aliphatic hydroxyl groups is 1. The lowest BCUT2D eigenvalue weighted by molar-refractivity contribution is -0.274. The fourth-order valence-electron chi connectivity index (χ4n) is 4.25. The summed E-state index contributed by atoms with van der Waals surface area (Å²) < 4.78 is 74.8. The van der Waals surface area contributed by atoms with Crippen LogP contribution in [0.1, 0.15) is 36.1 Å². The standard InChI is InChI=1S/C27H27F3N4O5S/c28-27(29,30)39-21-5-2-6-22(14-21)40(36,37)34-19-4-1-3-18(13-19)25(35)16-31-11-12-38-20-9-10-23-24(15-20)32-33-26(23)17-7-8-17/h1-6,9-10,13-15,17,25,31,34-35H,7-8,11-12,16H2,(H,32,33). The second-order valence-corrected chi connectivity index (χ2v) is 11.1. The molecule has 1 aliphatic carbocycles. The zero-order chi connectivity index (χ0) is 28.3. The van der Waals surface area contributed by atoms with Crippen LogP contribution in [-0.4, -0.2) is 49.8 Å². The summed E-state index contributed by atoms with van der Waals surface area (Å²) in [5.41, 5.74) is 2.62. The summed E-state index contributed by atoms with van der Waals surface area (Å²) in [6.07, 6.45) is -3.53. The Balaban J connectivity index is 1.11. The van der Waals surface area contributed by atoms with Crippen LogP contribution in [0.4, 0.5) is 18.9 Å². The highest BCUT2D eigenvalue weighted by Crippen LogP contribution is 2.42. The third-order valence-corrected chi connectivity index (χ3v) is 7.68. The van der Waals surface area contributed by atoms with Crippen molar-refractivity contribution in [3.05, 3.63) is 78.0 Å². The van der Waals surface area contributed by atoms with Crippen LogP contribution in [-0.2, 0) is 10.0 Å². The Bertz CT molecular complexity index is 1590. The second kappa shape index (κ2) is 11.4. The molecule has 1 saturated carbocycles. The molecule has 0 amide bonds. The molecule has 212 valence electrons. The van der Waals surface area contributed by atoms with E-state index in [4.69, 9.17) is 4.74 Å². The highest BCUT2D eigenvalue weighted by molar-refractivity contribution is 7.92. The third kappa shape index (κ3) is 7.03. The molecule has 13 heteroatoms. The Hall–Kier alpha value is -3.81. The van der Waals surface area contributed by atoms with Crippen molar-refractivity contribution in [3.63, 3.8) is 0 Å². The SMILES string of the molecule is O=S(=O)(Nc1cccc(C(O)CNCCOc2ccc3c(C4CC4)[nH]nc3c2)c1)c1cccc(OC(F)(F)F)c1. The maximum atomic E-state index is 12.7. The van der Waals surface area contributed by atoms with Crippen LogP contribution in [0.2, 0.25) is 0 Å². The lowest BCUT2D eigenvalue weighted by Crippen LogP contribution is -2.26. The van der Waals surface area contributed by atoms with E-state index in [9.17, 15) is 26.7 Å². The topological polar surface area (TPSA) is 126 Å². The van der Waals surface area contributed by atoms with Gasteiger partial charge in [-0.15, -0.1) is 13.2 Å². The number of hydrogen-bond donors (Lipinski definition) is 4. The maximum absolute atomic E-state index is 12.7. The lowest BCUT2D eigenvalue weighted by atomic mass is 10.1. The van der Waals surface area contributed by atoms with E-state index in [-0.39, 0.29) is 12.2 Å². The summed E-state index contributed by atoms with van der Waals surface area (Å²) in [4.78, 5) is -0.406. The molecule has 1 unspecified atom stereocenters. The average Bonchev–Trinajstić information content (AvgIpc) is 3.66. The summed E-state index contributed by atoms with van der Waals surface area (Å²) in [7, 11) is -4.22. The molecular formula is C27H27F3N4O5S. The molecule has 1 atom stereocenters. The largest absolute Gasteiger partial charge is 0.573 e. The maximum Gasteiger partial charge on any atom is 0.573 e. The number of benzene rings is 3. The number of aliphatic hydroxyl groups excluding tert-OH is 1. The highest BCUT2D eigenvalue weighted by Gasteiger charge is 2.31. The van der Waals surface area contributed by atoms with Gasteiger partial charge in [-0.2, -0.15) is 5.10 Å². The molecule has 9 nitrogen and oxygen atoms in total. The number of nitrogens with one attached hydrogen (secondary N) is 3. The minimum Gasteiger partial charge on any atom is -0.492 e. The third-order valence-electron chi connectivity index (χ3n) is 6.30. The first kappa shape index (κ1) is 27.7. The van der Waals surface area contributed by atoms with E-state index in [1.165, 1.54) is 30.7 Å². The lowest BCUT2D eigenvalue weighted by Gasteiger charge is -2.15. The molecule has 0 saturated heterocycles. The first-order chi connectivity index (χ1) is 19.1. The predicted octanol–water partition coefficient (Wildman–Crippen LogP) is 4.84. The molecule has 1 fully saturated rings. The number of fused-ring (bicyclic) bond motifs is 1. The van der Waals surface area contributed by atoms with Gasteiger partial charge in [0.05, 0.1) is 16.5 Å². The quantitative estimate of drug-likeness (QED) is 0.178. The van der Waals surface area contributed by atoms with Crippen LogP contribution in [0.3, 0.4) is 0 Å². The van der Waals surface area contributed by atoms with Crippen LogP contribution >= 0.6 is 0 Å². The van der Waals surface area contributed by atoms with Crippen LogP contribution < -0.4 is 19.5 Å². The van der Waals surface area contributed by atoms with Gasteiger partial charge in [-0.1, -0.05) is 18.2 Å². The van der Waals surface area contributed by atoms with E-state index < -0.39 is 33.1 Å². The molecule has 4 aromatic rings. The number of rotatable bonds is 12. The van der Waals surface area contributed by atoms with Gasteiger partial charge in [-0.05, 0) is 54.8 Å². The molecule has 0 spiro atoms.